The number of anilines is 1. The van der Waals surface area contributed by atoms with Crippen LogP contribution in [0.15, 0.2) is 83.7 Å². The van der Waals surface area contributed by atoms with Crippen molar-refractivity contribution in [2.24, 2.45) is 0 Å². The molecule has 0 aliphatic rings. The number of hydrogen-bond acceptors (Lipinski definition) is 6. The summed E-state index contributed by atoms with van der Waals surface area (Å²) >= 11 is 3.40. The molecule has 0 unspecified atom stereocenters. The summed E-state index contributed by atoms with van der Waals surface area (Å²) in [5.74, 6) is 2.51. The summed E-state index contributed by atoms with van der Waals surface area (Å²) in [4.78, 5) is 13.0. The predicted octanol–water partition coefficient (Wildman–Crippen LogP) is 5.01. The van der Waals surface area contributed by atoms with Gasteiger partial charge in [0.2, 0.25) is 0 Å². The number of aromatic nitrogens is 5. The Morgan fingerprint density at radius 2 is 1.60 bits per heavy atom. The van der Waals surface area contributed by atoms with Gasteiger partial charge in [-0.05, 0) is 64.5 Å². The van der Waals surface area contributed by atoms with Crippen molar-refractivity contribution in [3.8, 4) is 28.6 Å². The predicted molar refractivity (Wildman–Crippen MR) is 119 cm³/mol. The summed E-state index contributed by atoms with van der Waals surface area (Å²) < 4.78 is 8.43. The molecule has 5 rings (SSSR count). The van der Waals surface area contributed by atoms with Crippen LogP contribution in [0, 0.1) is 0 Å². The first kappa shape index (κ1) is 18.3. The lowest BCUT2D eigenvalue weighted by atomic mass is 10.1. The number of para-hydroxylation sites is 1. The molecule has 0 aliphatic carbocycles. The average Bonchev–Trinajstić information content (AvgIpc) is 3.17. The van der Waals surface area contributed by atoms with E-state index in [4.69, 9.17) is 15.6 Å². The monoisotopic (exact) mass is 458 g/mol. The second-order valence-corrected chi connectivity index (χ2v) is 7.41. The average molecular weight is 459 g/mol. The van der Waals surface area contributed by atoms with Crippen LogP contribution in [0.25, 0.3) is 28.1 Å². The molecule has 0 bridgehead atoms. The number of pyridine rings is 1. The maximum absolute atomic E-state index is 6.18. The normalized spacial score (nSPS) is 11.0. The molecule has 2 aromatic carbocycles. The Labute approximate surface area is 180 Å². The van der Waals surface area contributed by atoms with E-state index in [1.165, 1.54) is 6.33 Å². The molecule has 3 heterocycles. The van der Waals surface area contributed by atoms with Crippen LogP contribution in [0.2, 0.25) is 0 Å². The van der Waals surface area contributed by atoms with E-state index in [2.05, 4.69) is 30.9 Å². The molecule has 30 heavy (non-hydrogen) atoms. The van der Waals surface area contributed by atoms with Crippen LogP contribution in [-0.2, 0) is 0 Å². The minimum Gasteiger partial charge on any atom is -0.457 e. The number of ether oxygens (including phenoxy) is 1. The summed E-state index contributed by atoms with van der Waals surface area (Å²) in [6, 6.07) is 21.0. The van der Waals surface area contributed by atoms with Gasteiger partial charge < -0.3 is 10.5 Å². The highest BCUT2D eigenvalue weighted by molar-refractivity contribution is 9.10. The van der Waals surface area contributed by atoms with Gasteiger partial charge in [-0.1, -0.05) is 18.2 Å². The molecule has 0 aliphatic heterocycles. The molecule has 0 saturated carbocycles. The third-order valence-corrected chi connectivity index (χ3v) is 5.00. The van der Waals surface area contributed by atoms with Gasteiger partial charge in [-0.15, -0.1) is 0 Å². The summed E-state index contributed by atoms with van der Waals surface area (Å²) in [6.07, 6.45) is 3.14. The summed E-state index contributed by atoms with van der Waals surface area (Å²) in [7, 11) is 0. The highest BCUT2D eigenvalue weighted by Gasteiger charge is 2.18. The van der Waals surface area contributed by atoms with Crippen LogP contribution in [0.3, 0.4) is 0 Å². The summed E-state index contributed by atoms with van der Waals surface area (Å²) in [5, 5.41) is 5.43. The van der Waals surface area contributed by atoms with Crippen molar-refractivity contribution in [3.05, 3.63) is 83.7 Å². The lowest BCUT2D eigenvalue weighted by Crippen LogP contribution is -2.01. The Morgan fingerprint density at radius 1 is 0.833 bits per heavy atom. The topological polar surface area (TPSA) is 91.7 Å². The largest absolute Gasteiger partial charge is 0.457 e. The van der Waals surface area contributed by atoms with Gasteiger partial charge in [-0.3, -0.25) is 0 Å². The first-order chi connectivity index (χ1) is 14.7. The van der Waals surface area contributed by atoms with E-state index in [9.17, 15) is 0 Å². The Morgan fingerprint density at radius 3 is 2.33 bits per heavy atom. The number of benzene rings is 2. The standard InChI is InChI=1S/C22H15BrN6O/c23-15-8-11-18(25-12-15)29-22-19(21(24)26-13-27-22)20(28-29)14-6-9-17(10-7-14)30-16-4-2-1-3-5-16/h1-13H,(H2,24,26,27). The minimum absolute atomic E-state index is 0.364. The van der Waals surface area contributed by atoms with E-state index in [-0.39, 0.29) is 0 Å². The number of fused-ring (bicyclic) bond motifs is 1. The van der Waals surface area contributed by atoms with E-state index in [1.807, 2.05) is 66.7 Å². The van der Waals surface area contributed by atoms with E-state index in [1.54, 1.807) is 10.9 Å². The first-order valence-corrected chi connectivity index (χ1v) is 9.93. The Balaban J connectivity index is 1.58. The maximum atomic E-state index is 6.18. The van der Waals surface area contributed by atoms with E-state index >= 15 is 0 Å². The van der Waals surface area contributed by atoms with Crippen molar-refractivity contribution in [1.82, 2.24) is 24.7 Å². The molecule has 0 saturated heterocycles. The van der Waals surface area contributed by atoms with Crippen molar-refractivity contribution in [2.45, 2.75) is 0 Å². The Bertz CT molecular complexity index is 1320. The van der Waals surface area contributed by atoms with Crippen molar-refractivity contribution >= 4 is 32.8 Å². The smallest absolute Gasteiger partial charge is 0.170 e. The van der Waals surface area contributed by atoms with Crippen molar-refractivity contribution in [3.63, 3.8) is 0 Å². The zero-order chi connectivity index (χ0) is 20.5. The maximum Gasteiger partial charge on any atom is 0.170 e. The highest BCUT2D eigenvalue weighted by atomic mass is 79.9. The van der Waals surface area contributed by atoms with Crippen LogP contribution in [-0.4, -0.2) is 24.7 Å². The third kappa shape index (κ3) is 3.37. The van der Waals surface area contributed by atoms with Crippen molar-refractivity contribution in [2.75, 3.05) is 5.73 Å². The Hall–Kier alpha value is -3.78. The van der Waals surface area contributed by atoms with Gasteiger partial charge in [0.05, 0.1) is 5.39 Å². The molecule has 0 fully saturated rings. The zero-order valence-corrected chi connectivity index (χ0v) is 17.2. The molecule has 0 radical (unpaired) electrons. The van der Waals surface area contributed by atoms with E-state index in [0.717, 1.165) is 21.5 Å². The molecule has 2 N–H and O–H groups in total. The lowest BCUT2D eigenvalue weighted by molar-refractivity contribution is 0.483. The molecular weight excluding hydrogens is 444 g/mol. The second-order valence-electron chi connectivity index (χ2n) is 6.49. The number of nitrogen functional groups attached to an aromatic ring is 1. The summed E-state index contributed by atoms with van der Waals surface area (Å²) in [5.41, 5.74) is 8.33. The quantitative estimate of drug-likeness (QED) is 0.406. The van der Waals surface area contributed by atoms with Crippen LogP contribution >= 0.6 is 15.9 Å². The third-order valence-electron chi connectivity index (χ3n) is 4.53. The molecule has 3 aromatic heterocycles. The molecule has 8 heteroatoms. The van der Waals surface area contributed by atoms with Crippen molar-refractivity contribution in [1.29, 1.82) is 0 Å². The SMILES string of the molecule is Nc1ncnc2c1c(-c1ccc(Oc3ccccc3)cc1)nn2-c1ccc(Br)cn1. The number of hydrogen-bond donors (Lipinski definition) is 1. The van der Waals surface area contributed by atoms with Crippen LogP contribution in [0.1, 0.15) is 0 Å². The number of rotatable bonds is 4. The molecule has 146 valence electrons. The first-order valence-electron chi connectivity index (χ1n) is 9.13. The van der Waals surface area contributed by atoms with E-state index < -0.39 is 0 Å². The van der Waals surface area contributed by atoms with Crippen molar-refractivity contribution < 1.29 is 4.74 Å². The van der Waals surface area contributed by atoms with Gasteiger partial charge in [-0.2, -0.15) is 9.78 Å². The minimum atomic E-state index is 0.364. The molecule has 0 amide bonds. The second kappa shape index (κ2) is 7.57. The fraction of sp³-hybridized carbons (Fsp3) is 0. The molecule has 0 spiro atoms. The Kier molecular flexibility index (Phi) is 4.61. The zero-order valence-electron chi connectivity index (χ0n) is 15.6. The van der Waals surface area contributed by atoms with Gasteiger partial charge in [0.25, 0.3) is 0 Å². The highest BCUT2D eigenvalue weighted by Crippen LogP contribution is 2.33. The molecular formula is C22H15BrN6O. The number of nitrogens with two attached hydrogens (primary N) is 1. The molecule has 5 aromatic rings. The fourth-order valence-electron chi connectivity index (χ4n) is 3.14. The van der Waals surface area contributed by atoms with Gasteiger partial charge in [0.1, 0.15) is 29.3 Å². The molecule has 0 atom stereocenters. The summed E-state index contributed by atoms with van der Waals surface area (Å²) in [6.45, 7) is 0. The fourth-order valence-corrected chi connectivity index (χ4v) is 3.37. The van der Waals surface area contributed by atoms with Gasteiger partial charge in [0, 0.05) is 16.2 Å². The van der Waals surface area contributed by atoms with Gasteiger partial charge in [-0.25, -0.2) is 15.0 Å². The van der Waals surface area contributed by atoms with Crippen LogP contribution in [0.5, 0.6) is 11.5 Å². The van der Waals surface area contributed by atoms with Gasteiger partial charge >= 0.3 is 0 Å². The molecule has 7 nitrogen and oxygen atoms in total. The van der Waals surface area contributed by atoms with Crippen LogP contribution in [0.4, 0.5) is 5.82 Å². The number of nitrogens with zero attached hydrogens (tertiary/aromatic N) is 5. The van der Waals surface area contributed by atoms with Crippen LogP contribution < -0.4 is 10.5 Å². The van der Waals surface area contributed by atoms with E-state index in [0.29, 0.717) is 28.4 Å². The lowest BCUT2D eigenvalue weighted by Gasteiger charge is -2.06. The van der Waals surface area contributed by atoms with Gasteiger partial charge in [0.15, 0.2) is 11.5 Å². The number of halogens is 1.